The highest BCUT2D eigenvalue weighted by Gasteiger charge is 2.19. The molecule has 8 nitrogen and oxygen atoms in total. The number of aromatic amines is 3. The number of benzene rings is 1. The van der Waals surface area contributed by atoms with E-state index in [4.69, 9.17) is 5.11 Å². The maximum atomic E-state index is 12.4. The Balaban J connectivity index is 2.12. The summed E-state index contributed by atoms with van der Waals surface area (Å²) in [7, 11) is 0. The van der Waals surface area contributed by atoms with E-state index in [1.54, 1.807) is 12.1 Å². The number of rotatable bonds is 3. The first-order valence-corrected chi connectivity index (χ1v) is 8.58. The highest BCUT2D eigenvalue weighted by atomic mass is 16.4. The van der Waals surface area contributed by atoms with Gasteiger partial charge in [-0.05, 0) is 29.8 Å². The largest absolute Gasteiger partial charge is 0.478 e. The number of carbonyl (C=O) groups is 1. The number of H-pyrrole nitrogens is 3. The Morgan fingerprint density at radius 2 is 1.71 bits per heavy atom. The Morgan fingerprint density at radius 3 is 2.32 bits per heavy atom. The molecule has 0 aliphatic rings. The normalized spacial score (nSPS) is 13.1. The van der Waals surface area contributed by atoms with Crippen molar-refractivity contribution in [2.45, 2.75) is 26.2 Å². The molecule has 144 valence electrons. The molecule has 0 radical (unpaired) electrons. The van der Waals surface area contributed by atoms with Crippen LogP contribution in [0.3, 0.4) is 0 Å². The predicted molar refractivity (Wildman–Crippen MR) is 105 cm³/mol. The quantitative estimate of drug-likeness (QED) is 0.523. The number of aromatic nitrogens is 4. The van der Waals surface area contributed by atoms with Crippen molar-refractivity contribution in [1.29, 1.82) is 0 Å². The molecule has 3 aromatic rings. The second-order valence-corrected chi connectivity index (χ2v) is 7.37. The third kappa shape index (κ3) is 4.01. The van der Waals surface area contributed by atoms with Crippen LogP contribution in [0.5, 0.6) is 0 Å². The fourth-order valence-electron chi connectivity index (χ4n) is 2.78. The average Bonchev–Trinajstić information content (AvgIpc) is 3.08. The molecule has 0 aliphatic carbocycles. The second-order valence-electron chi connectivity index (χ2n) is 7.37. The van der Waals surface area contributed by atoms with E-state index in [0.29, 0.717) is 11.3 Å². The number of nitrogens with one attached hydrogen (secondary N) is 3. The lowest BCUT2D eigenvalue weighted by atomic mass is 9.90. The van der Waals surface area contributed by atoms with Gasteiger partial charge < -0.3 is 20.1 Å². The summed E-state index contributed by atoms with van der Waals surface area (Å²) in [6.07, 6.45) is 4.48. The lowest BCUT2D eigenvalue weighted by Gasteiger charge is -2.16. The van der Waals surface area contributed by atoms with Crippen molar-refractivity contribution in [1.82, 2.24) is 19.9 Å². The summed E-state index contributed by atoms with van der Waals surface area (Å²) in [5, 5.41) is 9.17. The lowest BCUT2D eigenvalue weighted by Crippen LogP contribution is -2.46. The maximum Gasteiger partial charge on any atom is 0.335 e. The lowest BCUT2D eigenvalue weighted by molar-refractivity contribution is 0.0697. The number of carboxylic acid groups (broad SMARTS) is 1. The molecule has 0 bridgehead atoms. The minimum absolute atomic E-state index is 0.0303. The van der Waals surface area contributed by atoms with E-state index in [0.717, 1.165) is 5.69 Å². The predicted octanol–water partition coefficient (Wildman–Crippen LogP) is 0.440. The first-order chi connectivity index (χ1) is 13.1. The van der Waals surface area contributed by atoms with Gasteiger partial charge in [0.15, 0.2) is 0 Å². The molecule has 0 unspecified atom stereocenters. The summed E-state index contributed by atoms with van der Waals surface area (Å²) in [6, 6.07) is 6.07. The second kappa shape index (κ2) is 7.15. The fourth-order valence-corrected chi connectivity index (χ4v) is 2.78. The van der Waals surface area contributed by atoms with Crippen LogP contribution < -0.4 is 21.8 Å². The molecule has 2 aromatic heterocycles. The Labute approximate surface area is 159 Å². The first-order valence-electron chi connectivity index (χ1n) is 8.58. The van der Waals surface area contributed by atoms with Crippen molar-refractivity contribution >= 4 is 18.1 Å². The molecule has 0 saturated heterocycles. The van der Waals surface area contributed by atoms with Gasteiger partial charge in [-0.15, -0.1) is 0 Å². The summed E-state index contributed by atoms with van der Waals surface area (Å²) in [5.74, 6) is -1.07. The highest BCUT2D eigenvalue weighted by molar-refractivity contribution is 5.88. The number of imidazole rings is 1. The third-order valence-electron chi connectivity index (χ3n) is 4.13. The van der Waals surface area contributed by atoms with Crippen LogP contribution in [-0.2, 0) is 5.41 Å². The zero-order valence-electron chi connectivity index (χ0n) is 15.7. The molecule has 2 heterocycles. The maximum absolute atomic E-state index is 12.4. The summed E-state index contributed by atoms with van der Waals surface area (Å²) in [6.45, 7) is 6.02. The van der Waals surface area contributed by atoms with Gasteiger partial charge in [0.25, 0.3) is 11.1 Å². The molecular formula is C20H20N4O4. The van der Waals surface area contributed by atoms with E-state index < -0.39 is 17.1 Å². The Bertz CT molecular complexity index is 1270. The van der Waals surface area contributed by atoms with Crippen LogP contribution in [0.15, 0.2) is 40.2 Å². The SMILES string of the molecule is CC(C)(C)c1[nH]cnc1C=c1[nH]c(=O)c(=Cc2cccc(C(=O)O)c2)[nH]c1=O. The van der Waals surface area contributed by atoms with E-state index in [9.17, 15) is 14.4 Å². The number of hydrogen-bond donors (Lipinski definition) is 4. The van der Waals surface area contributed by atoms with Crippen molar-refractivity contribution in [2.75, 3.05) is 0 Å². The monoisotopic (exact) mass is 380 g/mol. The molecule has 1 aromatic carbocycles. The zero-order valence-corrected chi connectivity index (χ0v) is 15.7. The number of hydrogen-bond acceptors (Lipinski definition) is 4. The molecule has 0 spiro atoms. The van der Waals surface area contributed by atoms with Crippen LogP contribution in [0.2, 0.25) is 0 Å². The van der Waals surface area contributed by atoms with Crippen molar-refractivity contribution in [2.24, 2.45) is 0 Å². The fraction of sp³-hybridized carbons (Fsp3) is 0.200. The highest BCUT2D eigenvalue weighted by Crippen LogP contribution is 2.22. The van der Waals surface area contributed by atoms with E-state index in [2.05, 4.69) is 19.9 Å². The molecule has 4 N–H and O–H groups in total. The number of aromatic carboxylic acids is 1. The zero-order chi connectivity index (χ0) is 20.5. The van der Waals surface area contributed by atoms with E-state index in [-0.39, 0.29) is 21.7 Å². The summed E-state index contributed by atoms with van der Waals surface area (Å²) >= 11 is 0. The standard InChI is InChI=1S/C20H20N4O4/c1-20(2,3)16-13(21-10-22-16)9-15-18(26)23-14(17(25)24-15)8-11-5-4-6-12(7-11)19(27)28/h4-10H,1-3H3,(H,21,22)(H,23,26)(H,24,25)(H,27,28). The van der Waals surface area contributed by atoms with E-state index in [1.807, 2.05) is 20.8 Å². The van der Waals surface area contributed by atoms with Crippen LogP contribution in [-0.4, -0.2) is 31.0 Å². The van der Waals surface area contributed by atoms with E-state index >= 15 is 0 Å². The average molecular weight is 380 g/mol. The Hall–Kier alpha value is -3.68. The van der Waals surface area contributed by atoms with Crippen molar-refractivity contribution in [3.05, 3.63) is 84.5 Å². The van der Waals surface area contributed by atoms with E-state index in [1.165, 1.54) is 30.6 Å². The number of nitrogens with zero attached hydrogens (tertiary/aromatic N) is 1. The van der Waals surface area contributed by atoms with Gasteiger partial charge in [0, 0.05) is 11.1 Å². The topological polar surface area (TPSA) is 132 Å². The Morgan fingerprint density at radius 1 is 1.07 bits per heavy atom. The van der Waals surface area contributed by atoms with Gasteiger partial charge in [0.05, 0.1) is 17.6 Å². The summed E-state index contributed by atoms with van der Waals surface area (Å²) in [5.41, 5.74) is 0.792. The van der Waals surface area contributed by atoms with Gasteiger partial charge in [0.1, 0.15) is 10.7 Å². The molecule has 28 heavy (non-hydrogen) atoms. The minimum atomic E-state index is -1.07. The van der Waals surface area contributed by atoms with Crippen molar-refractivity contribution in [3.63, 3.8) is 0 Å². The van der Waals surface area contributed by atoms with Gasteiger partial charge in [-0.3, -0.25) is 9.59 Å². The molecule has 0 atom stereocenters. The van der Waals surface area contributed by atoms with Gasteiger partial charge in [-0.1, -0.05) is 32.9 Å². The minimum Gasteiger partial charge on any atom is -0.478 e. The Kier molecular flexibility index (Phi) is 4.87. The smallest absolute Gasteiger partial charge is 0.335 e. The van der Waals surface area contributed by atoms with Gasteiger partial charge in [-0.2, -0.15) is 0 Å². The molecular weight excluding hydrogens is 360 g/mol. The van der Waals surface area contributed by atoms with Crippen LogP contribution in [0, 0.1) is 0 Å². The summed E-state index contributed by atoms with van der Waals surface area (Å²) < 4.78 is 0. The van der Waals surface area contributed by atoms with Crippen LogP contribution in [0.4, 0.5) is 0 Å². The first kappa shape index (κ1) is 19.1. The molecule has 0 fully saturated rings. The van der Waals surface area contributed by atoms with Gasteiger partial charge >= 0.3 is 5.97 Å². The van der Waals surface area contributed by atoms with Crippen LogP contribution in [0.1, 0.15) is 48.1 Å². The number of carboxylic acids is 1. The molecule has 8 heteroatoms. The van der Waals surface area contributed by atoms with Crippen molar-refractivity contribution in [3.8, 4) is 0 Å². The van der Waals surface area contributed by atoms with Gasteiger partial charge in [0.2, 0.25) is 0 Å². The van der Waals surface area contributed by atoms with Crippen molar-refractivity contribution < 1.29 is 9.90 Å². The van der Waals surface area contributed by atoms with Crippen LogP contribution >= 0.6 is 0 Å². The molecule has 0 saturated carbocycles. The van der Waals surface area contributed by atoms with Crippen LogP contribution in [0.25, 0.3) is 12.2 Å². The van der Waals surface area contributed by atoms with Gasteiger partial charge in [-0.25, -0.2) is 9.78 Å². The third-order valence-corrected chi connectivity index (χ3v) is 4.13. The molecule has 0 amide bonds. The molecule has 0 aliphatic heterocycles. The summed E-state index contributed by atoms with van der Waals surface area (Å²) in [4.78, 5) is 48.3. The molecule has 3 rings (SSSR count).